The van der Waals surface area contributed by atoms with E-state index in [2.05, 4.69) is 10.6 Å². The fourth-order valence-corrected chi connectivity index (χ4v) is 2.79. The lowest BCUT2D eigenvalue weighted by Crippen LogP contribution is -2.62. The molecular weight excluding hydrogens is 244 g/mol. The van der Waals surface area contributed by atoms with Crippen LogP contribution in [0.3, 0.4) is 0 Å². The predicted octanol–water partition coefficient (Wildman–Crippen LogP) is 0.000600. The molecule has 2 N–H and O–H groups in total. The molecule has 6 heteroatoms. The molecule has 2 aliphatic rings. The van der Waals surface area contributed by atoms with Crippen LogP contribution in [0.4, 0.5) is 4.79 Å². The van der Waals surface area contributed by atoms with E-state index in [1.807, 2.05) is 0 Å². The molecule has 0 aromatic rings. The molecule has 2 fully saturated rings. The summed E-state index contributed by atoms with van der Waals surface area (Å²) in [6.07, 6.45) is 4.49. The molecule has 2 rings (SSSR count). The summed E-state index contributed by atoms with van der Waals surface area (Å²) in [6.45, 7) is 1.87. The summed E-state index contributed by atoms with van der Waals surface area (Å²) in [6, 6.07) is -0.184. The summed E-state index contributed by atoms with van der Waals surface area (Å²) in [5.74, 6) is -0.0197. The van der Waals surface area contributed by atoms with Crippen LogP contribution in [0, 0.1) is 0 Å². The third-order valence-corrected chi connectivity index (χ3v) is 3.91. The summed E-state index contributed by atoms with van der Waals surface area (Å²) >= 11 is 0. The quantitative estimate of drug-likeness (QED) is 0.741. The van der Waals surface area contributed by atoms with Crippen molar-refractivity contribution >= 4 is 11.9 Å². The van der Waals surface area contributed by atoms with Gasteiger partial charge in [-0.05, 0) is 12.8 Å². The number of carbonyl (C=O) groups is 2. The second-order valence-corrected chi connectivity index (χ2v) is 5.58. The van der Waals surface area contributed by atoms with E-state index in [-0.39, 0.29) is 24.0 Å². The maximum Gasteiger partial charge on any atom is 0.318 e. The molecule has 19 heavy (non-hydrogen) atoms. The Morgan fingerprint density at radius 3 is 2.58 bits per heavy atom. The summed E-state index contributed by atoms with van der Waals surface area (Å²) in [7, 11) is 3.45. The predicted molar refractivity (Wildman–Crippen MR) is 72.8 cm³/mol. The van der Waals surface area contributed by atoms with Crippen LogP contribution in [-0.4, -0.2) is 67.6 Å². The molecule has 1 aliphatic carbocycles. The Morgan fingerprint density at radius 1 is 1.26 bits per heavy atom. The smallest absolute Gasteiger partial charge is 0.318 e. The van der Waals surface area contributed by atoms with Gasteiger partial charge in [-0.2, -0.15) is 0 Å². The molecule has 1 atom stereocenters. The summed E-state index contributed by atoms with van der Waals surface area (Å²) in [5.41, 5.74) is 0. The first kappa shape index (κ1) is 14.1. The van der Waals surface area contributed by atoms with E-state index in [1.54, 1.807) is 23.9 Å². The van der Waals surface area contributed by atoms with E-state index < -0.39 is 0 Å². The van der Waals surface area contributed by atoms with Gasteiger partial charge in [0.1, 0.15) is 6.04 Å². The van der Waals surface area contributed by atoms with Gasteiger partial charge in [0.15, 0.2) is 0 Å². The van der Waals surface area contributed by atoms with Crippen molar-refractivity contribution in [3.8, 4) is 0 Å². The fraction of sp³-hybridized carbons (Fsp3) is 0.846. The van der Waals surface area contributed by atoms with Gasteiger partial charge in [0.05, 0.1) is 0 Å². The highest BCUT2D eigenvalue weighted by atomic mass is 16.2. The van der Waals surface area contributed by atoms with E-state index in [0.29, 0.717) is 13.1 Å². The van der Waals surface area contributed by atoms with Crippen LogP contribution in [0.25, 0.3) is 0 Å². The fourth-order valence-electron chi connectivity index (χ4n) is 2.79. The van der Waals surface area contributed by atoms with Crippen molar-refractivity contribution in [2.45, 2.75) is 37.8 Å². The zero-order valence-corrected chi connectivity index (χ0v) is 11.8. The molecule has 6 nitrogen and oxygen atoms in total. The van der Waals surface area contributed by atoms with Crippen molar-refractivity contribution < 1.29 is 9.59 Å². The number of likely N-dealkylation sites (N-methyl/N-ethyl adjacent to an activating group) is 1. The highest BCUT2D eigenvalue weighted by Crippen LogP contribution is 2.18. The largest absolute Gasteiger partial charge is 0.347 e. The van der Waals surface area contributed by atoms with Crippen molar-refractivity contribution in [1.82, 2.24) is 20.4 Å². The van der Waals surface area contributed by atoms with Crippen LogP contribution in [-0.2, 0) is 4.79 Å². The highest BCUT2D eigenvalue weighted by molar-refractivity contribution is 5.87. The lowest BCUT2D eigenvalue weighted by molar-refractivity contribution is -0.133. The van der Waals surface area contributed by atoms with Crippen molar-refractivity contribution in [2.24, 2.45) is 0 Å². The van der Waals surface area contributed by atoms with Gasteiger partial charge in [-0.1, -0.05) is 12.8 Å². The second-order valence-electron chi connectivity index (χ2n) is 5.58. The van der Waals surface area contributed by atoms with E-state index in [0.717, 1.165) is 19.4 Å². The zero-order valence-electron chi connectivity index (χ0n) is 11.8. The van der Waals surface area contributed by atoms with Gasteiger partial charge in [0.25, 0.3) is 0 Å². The maximum absolute atomic E-state index is 12.3. The number of carbonyl (C=O) groups excluding carboxylic acids is 2. The second kappa shape index (κ2) is 6.23. The van der Waals surface area contributed by atoms with Gasteiger partial charge in [-0.15, -0.1) is 0 Å². The third kappa shape index (κ3) is 3.37. The zero-order chi connectivity index (χ0) is 13.8. The topological polar surface area (TPSA) is 64.7 Å². The minimum Gasteiger partial charge on any atom is -0.347 e. The van der Waals surface area contributed by atoms with Gasteiger partial charge in [-0.25, -0.2) is 4.79 Å². The molecule has 0 aromatic carbocycles. The van der Waals surface area contributed by atoms with Gasteiger partial charge in [0, 0.05) is 39.8 Å². The lowest BCUT2D eigenvalue weighted by Gasteiger charge is -2.37. The summed E-state index contributed by atoms with van der Waals surface area (Å²) in [4.78, 5) is 27.6. The number of rotatable bonds is 2. The Labute approximate surface area is 114 Å². The monoisotopic (exact) mass is 268 g/mol. The first-order chi connectivity index (χ1) is 9.09. The number of urea groups is 1. The lowest BCUT2D eigenvalue weighted by atomic mass is 10.1. The van der Waals surface area contributed by atoms with Gasteiger partial charge >= 0.3 is 6.03 Å². The van der Waals surface area contributed by atoms with Gasteiger partial charge in [0.2, 0.25) is 5.91 Å². The third-order valence-electron chi connectivity index (χ3n) is 3.91. The molecule has 0 spiro atoms. The average molecular weight is 268 g/mol. The standard InChI is InChI=1S/C13H24N4O2/c1-16(2)12(18)11-9-14-7-8-17(11)13(19)15-10-5-3-4-6-10/h10-11,14H,3-9H2,1-2H3,(H,15,19). The van der Waals surface area contributed by atoms with Crippen molar-refractivity contribution in [3.05, 3.63) is 0 Å². The molecule has 1 aliphatic heterocycles. The van der Waals surface area contributed by atoms with Crippen molar-refractivity contribution in [2.75, 3.05) is 33.7 Å². The number of amides is 3. The number of hydrogen-bond acceptors (Lipinski definition) is 3. The molecule has 3 amide bonds. The number of hydrogen-bond donors (Lipinski definition) is 2. The van der Waals surface area contributed by atoms with E-state index in [9.17, 15) is 9.59 Å². The first-order valence-corrected chi connectivity index (χ1v) is 7.08. The Kier molecular flexibility index (Phi) is 4.63. The van der Waals surface area contributed by atoms with Crippen LogP contribution in [0.1, 0.15) is 25.7 Å². The molecule has 1 unspecified atom stereocenters. The summed E-state index contributed by atoms with van der Waals surface area (Å²) < 4.78 is 0. The number of nitrogens with one attached hydrogen (secondary N) is 2. The molecule has 108 valence electrons. The van der Waals surface area contributed by atoms with Crippen molar-refractivity contribution in [3.63, 3.8) is 0 Å². The first-order valence-electron chi connectivity index (χ1n) is 7.08. The average Bonchev–Trinajstić information content (AvgIpc) is 2.90. The van der Waals surface area contributed by atoms with E-state index in [4.69, 9.17) is 0 Å². The van der Waals surface area contributed by atoms with Gasteiger partial charge in [-0.3, -0.25) is 4.79 Å². The Balaban J connectivity index is 1.97. The molecule has 0 aromatic heterocycles. The van der Waals surface area contributed by atoms with Crippen LogP contribution in [0.15, 0.2) is 0 Å². The minimum atomic E-state index is -0.384. The molecule has 0 bridgehead atoms. The van der Waals surface area contributed by atoms with Crippen LogP contribution in [0.2, 0.25) is 0 Å². The molecule has 1 heterocycles. The van der Waals surface area contributed by atoms with Gasteiger partial charge < -0.3 is 20.4 Å². The SMILES string of the molecule is CN(C)C(=O)C1CNCCN1C(=O)NC1CCCC1. The summed E-state index contributed by atoms with van der Waals surface area (Å²) in [5, 5.41) is 6.24. The van der Waals surface area contributed by atoms with E-state index >= 15 is 0 Å². The Morgan fingerprint density at radius 2 is 1.95 bits per heavy atom. The molecule has 1 saturated carbocycles. The van der Waals surface area contributed by atoms with Crippen molar-refractivity contribution in [1.29, 1.82) is 0 Å². The normalized spacial score (nSPS) is 24.3. The minimum absolute atomic E-state index is 0.0197. The van der Waals surface area contributed by atoms with Crippen LogP contribution >= 0.6 is 0 Å². The number of piperazine rings is 1. The Bertz CT molecular complexity index is 340. The highest BCUT2D eigenvalue weighted by Gasteiger charge is 2.33. The maximum atomic E-state index is 12.3. The molecule has 1 saturated heterocycles. The van der Waals surface area contributed by atoms with Crippen LogP contribution in [0.5, 0.6) is 0 Å². The number of nitrogens with zero attached hydrogens (tertiary/aromatic N) is 2. The molecule has 0 radical (unpaired) electrons. The molecular formula is C13H24N4O2. The van der Waals surface area contributed by atoms with E-state index in [1.165, 1.54) is 12.8 Å². The Hall–Kier alpha value is -1.30. The van der Waals surface area contributed by atoms with Crippen LogP contribution < -0.4 is 10.6 Å².